The van der Waals surface area contributed by atoms with E-state index in [2.05, 4.69) is 5.32 Å². The molecular weight excluding hydrogens is 262 g/mol. The molecule has 1 heterocycles. The molecule has 1 aromatic carbocycles. The number of nitrogens with one attached hydrogen (secondary N) is 1. The van der Waals surface area contributed by atoms with Crippen LogP contribution in [0.5, 0.6) is 5.75 Å². The number of sulfone groups is 1. The van der Waals surface area contributed by atoms with Crippen LogP contribution in [0.4, 0.5) is 0 Å². The standard InChI is InChI=1S/C14H21NO3S/c1-10-7-14(19(3,16)17)11(9-13(10)18-2)8-12-5-4-6-15-12/h7,9,12,15H,4-6,8H2,1-3H3. The van der Waals surface area contributed by atoms with Crippen molar-refractivity contribution in [1.82, 2.24) is 5.32 Å². The first kappa shape index (κ1) is 14.3. The zero-order valence-corrected chi connectivity index (χ0v) is 12.5. The number of rotatable bonds is 4. The van der Waals surface area contributed by atoms with Crippen molar-refractivity contribution >= 4 is 9.84 Å². The fourth-order valence-corrected chi connectivity index (χ4v) is 3.63. The highest BCUT2D eigenvalue weighted by Crippen LogP contribution is 2.28. The summed E-state index contributed by atoms with van der Waals surface area (Å²) in [7, 11) is -1.59. The molecule has 106 valence electrons. The average molecular weight is 283 g/mol. The molecule has 1 atom stereocenters. The lowest BCUT2D eigenvalue weighted by atomic mass is 10.0. The molecule has 1 aromatic rings. The summed E-state index contributed by atoms with van der Waals surface area (Å²) in [6, 6.07) is 3.96. The van der Waals surface area contributed by atoms with Crippen LogP contribution in [0.1, 0.15) is 24.0 Å². The lowest BCUT2D eigenvalue weighted by Crippen LogP contribution is -2.24. The first-order valence-electron chi connectivity index (χ1n) is 6.53. The smallest absolute Gasteiger partial charge is 0.175 e. The van der Waals surface area contributed by atoms with Crippen molar-refractivity contribution < 1.29 is 13.2 Å². The number of ether oxygens (including phenoxy) is 1. The summed E-state index contributed by atoms with van der Waals surface area (Å²) in [5, 5.41) is 3.40. The summed E-state index contributed by atoms with van der Waals surface area (Å²) in [6.45, 7) is 2.88. The Bertz CT molecular complexity index is 560. The Kier molecular flexibility index (Phi) is 4.16. The highest BCUT2D eigenvalue weighted by atomic mass is 32.2. The van der Waals surface area contributed by atoms with E-state index < -0.39 is 9.84 Å². The van der Waals surface area contributed by atoms with Crippen molar-refractivity contribution in [2.24, 2.45) is 0 Å². The Hall–Kier alpha value is -1.07. The second kappa shape index (κ2) is 5.51. The molecule has 0 aliphatic carbocycles. The number of hydrogen-bond acceptors (Lipinski definition) is 4. The van der Waals surface area contributed by atoms with Crippen molar-refractivity contribution in [2.75, 3.05) is 19.9 Å². The summed E-state index contributed by atoms with van der Waals surface area (Å²) < 4.78 is 29.1. The van der Waals surface area contributed by atoms with Gasteiger partial charge >= 0.3 is 0 Å². The molecule has 1 unspecified atom stereocenters. The summed E-state index contributed by atoms with van der Waals surface area (Å²) in [6.07, 6.45) is 4.25. The maximum absolute atomic E-state index is 11.9. The van der Waals surface area contributed by atoms with E-state index in [1.807, 2.05) is 13.0 Å². The SMILES string of the molecule is COc1cc(CC2CCCN2)c(S(C)(=O)=O)cc1C. The Morgan fingerprint density at radius 2 is 2.16 bits per heavy atom. The van der Waals surface area contributed by atoms with Crippen molar-refractivity contribution in [3.05, 3.63) is 23.3 Å². The molecule has 0 spiro atoms. The predicted octanol–water partition coefficient (Wildman–Crippen LogP) is 1.70. The van der Waals surface area contributed by atoms with E-state index in [1.54, 1.807) is 13.2 Å². The topological polar surface area (TPSA) is 55.4 Å². The first-order chi connectivity index (χ1) is 8.91. The van der Waals surface area contributed by atoms with Crippen LogP contribution in [0.25, 0.3) is 0 Å². The van der Waals surface area contributed by atoms with E-state index in [-0.39, 0.29) is 0 Å². The van der Waals surface area contributed by atoms with Crippen LogP contribution in [0.2, 0.25) is 0 Å². The van der Waals surface area contributed by atoms with Crippen LogP contribution < -0.4 is 10.1 Å². The van der Waals surface area contributed by atoms with Gasteiger partial charge in [0.2, 0.25) is 0 Å². The van der Waals surface area contributed by atoms with Gasteiger partial charge in [0.25, 0.3) is 0 Å². The average Bonchev–Trinajstić information content (AvgIpc) is 2.82. The van der Waals surface area contributed by atoms with E-state index in [0.717, 1.165) is 42.7 Å². The molecule has 1 aliphatic rings. The Morgan fingerprint density at radius 1 is 1.42 bits per heavy atom. The molecule has 0 bridgehead atoms. The molecule has 2 rings (SSSR count). The normalized spacial score (nSPS) is 19.6. The monoisotopic (exact) mass is 283 g/mol. The fraction of sp³-hybridized carbons (Fsp3) is 0.571. The molecule has 1 aliphatic heterocycles. The summed E-state index contributed by atoms with van der Waals surface area (Å²) in [5.41, 5.74) is 1.70. The van der Waals surface area contributed by atoms with Crippen molar-refractivity contribution in [2.45, 2.75) is 37.1 Å². The van der Waals surface area contributed by atoms with Gasteiger partial charge in [0, 0.05) is 12.3 Å². The van der Waals surface area contributed by atoms with Crippen LogP contribution in [0.3, 0.4) is 0 Å². The lowest BCUT2D eigenvalue weighted by Gasteiger charge is -2.16. The van der Waals surface area contributed by atoms with Gasteiger partial charge in [-0.15, -0.1) is 0 Å². The molecule has 0 amide bonds. The van der Waals surface area contributed by atoms with Gasteiger partial charge in [-0.25, -0.2) is 8.42 Å². The maximum Gasteiger partial charge on any atom is 0.175 e. The minimum absolute atomic E-state index is 0.368. The van der Waals surface area contributed by atoms with Gasteiger partial charge in [-0.05, 0) is 56.0 Å². The highest BCUT2D eigenvalue weighted by molar-refractivity contribution is 7.90. The lowest BCUT2D eigenvalue weighted by molar-refractivity contribution is 0.410. The third kappa shape index (κ3) is 3.28. The molecule has 0 radical (unpaired) electrons. The summed E-state index contributed by atoms with van der Waals surface area (Å²) >= 11 is 0. The van der Waals surface area contributed by atoms with E-state index >= 15 is 0 Å². The van der Waals surface area contributed by atoms with E-state index in [1.165, 1.54) is 6.26 Å². The van der Waals surface area contributed by atoms with E-state index in [4.69, 9.17) is 4.74 Å². The Balaban J connectivity index is 2.42. The molecule has 1 N–H and O–H groups in total. The summed E-state index contributed by atoms with van der Waals surface area (Å²) in [4.78, 5) is 0.430. The van der Waals surface area contributed by atoms with E-state index in [0.29, 0.717) is 10.9 Å². The largest absolute Gasteiger partial charge is 0.496 e. The minimum atomic E-state index is -3.21. The Morgan fingerprint density at radius 3 is 2.68 bits per heavy atom. The predicted molar refractivity (Wildman–Crippen MR) is 75.6 cm³/mol. The number of aryl methyl sites for hydroxylation is 1. The van der Waals surface area contributed by atoms with Crippen LogP contribution >= 0.6 is 0 Å². The summed E-state index contributed by atoms with van der Waals surface area (Å²) in [5.74, 6) is 0.750. The molecule has 1 fully saturated rings. The number of methoxy groups -OCH3 is 1. The molecule has 1 saturated heterocycles. The van der Waals surface area contributed by atoms with Gasteiger partial charge < -0.3 is 10.1 Å². The minimum Gasteiger partial charge on any atom is -0.496 e. The van der Waals surface area contributed by atoms with Crippen molar-refractivity contribution in [3.8, 4) is 5.75 Å². The zero-order valence-electron chi connectivity index (χ0n) is 11.7. The first-order valence-corrected chi connectivity index (χ1v) is 8.42. The van der Waals surface area contributed by atoms with Crippen molar-refractivity contribution in [1.29, 1.82) is 0 Å². The molecular formula is C14H21NO3S. The van der Waals surface area contributed by atoms with Crippen LogP contribution in [0, 0.1) is 6.92 Å². The number of benzene rings is 1. The van der Waals surface area contributed by atoms with Crippen molar-refractivity contribution in [3.63, 3.8) is 0 Å². The third-order valence-electron chi connectivity index (χ3n) is 3.61. The zero-order chi connectivity index (χ0) is 14.0. The molecule has 4 nitrogen and oxygen atoms in total. The van der Waals surface area contributed by atoms with Gasteiger partial charge in [-0.1, -0.05) is 0 Å². The van der Waals surface area contributed by atoms with Gasteiger partial charge in [0.1, 0.15) is 5.75 Å². The Labute approximate surface area is 115 Å². The van der Waals surface area contributed by atoms with Gasteiger partial charge in [-0.3, -0.25) is 0 Å². The number of hydrogen-bond donors (Lipinski definition) is 1. The molecule has 19 heavy (non-hydrogen) atoms. The van der Waals surface area contributed by atoms with Gasteiger partial charge in [0.05, 0.1) is 12.0 Å². The van der Waals surface area contributed by atoms with Crippen LogP contribution in [-0.2, 0) is 16.3 Å². The molecule has 5 heteroatoms. The molecule has 0 aromatic heterocycles. The molecule has 0 saturated carbocycles. The third-order valence-corrected chi connectivity index (χ3v) is 4.79. The van der Waals surface area contributed by atoms with Crippen LogP contribution in [0.15, 0.2) is 17.0 Å². The highest BCUT2D eigenvalue weighted by Gasteiger charge is 2.21. The van der Waals surface area contributed by atoms with E-state index in [9.17, 15) is 8.42 Å². The van der Waals surface area contributed by atoms with Gasteiger partial charge in [-0.2, -0.15) is 0 Å². The second-order valence-corrected chi connectivity index (χ2v) is 7.18. The van der Waals surface area contributed by atoms with Gasteiger partial charge in [0.15, 0.2) is 9.84 Å². The second-order valence-electron chi connectivity index (χ2n) is 5.20. The fourth-order valence-electron chi connectivity index (χ4n) is 2.62. The quantitative estimate of drug-likeness (QED) is 0.914. The maximum atomic E-state index is 11.9. The van der Waals surface area contributed by atoms with Crippen LogP contribution in [-0.4, -0.2) is 34.4 Å².